The van der Waals surface area contributed by atoms with E-state index in [0.717, 1.165) is 41.8 Å². The SMILES string of the molecule is CCc1cc2c(c(=O)n1-c1ccccc1)CCC=C2. The lowest BCUT2D eigenvalue weighted by Gasteiger charge is -2.17. The molecule has 1 aliphatic carbocycles. The number of rotatable bonds is 2. The van der Waals surface area contributed by atoms with Crippen molar-refractivity contribution < 1.29 is 0 Å². The molecule has 0 unspecified atom stereocenters. The van der Waals surface area contributed by atoms with Crippen LogP contribution in [0.5, 0.6) is 0 Å². The Kier molecular flexibility index (Phi) is 3.08. The second-order valence-electron chi connectivity index (χ2n) is 4.84. The highest BCUT2D eigenvalue weighted by atomic mass is 16.1. The first kappa shape index (κ1) is 12.0. The maximum atomic E-state index is 12.7. The Hall–Kier alpha value is -2.09. The van der Waals surface area contributed by atoms with Crippen LogP contribution in [0.25, 0.3) is 11.8 Å². The molecule has 1 heterocycles. The number of benzene rings is 1. The molecule has 0 N–H and O–H groups in total. The van der Waals surface area contributed by atoms with E-state index in [1.807, 2.05) is 34.9 Å². The highest BCUT2D eigenvalue weighted by Gasteiger charge is 2.15. The van der Waals surface area contributed by atoms with E-state index in [4.69, 9.17) is 0 Å². The number of pyridine rings is 1. The predicted octanol–water partition coefficient (Wildman–Crippen LogP) is 3.36. The van der Waals surface area contributed by atoms with Crippen LogP contribution in [0.15, 0.2) is 47.3 Å². The van der Waals surface area contributed by atoms with Crippen LogP contribution in [-0.2, 0) is 12.8 Å². The van der Waals surface area contributed by atoms with E-state index in [1.165, 1.54) is 0 Å². The summed E-state index contributed by atoms with van der Waals surface area (Å²) in [5.41, 5.74) is 4.22. The summed E-state index contributed by atoms with van der Waals surface area (Å²) in [4.78, 5) is 12.7. The summed E-state index contributed by atoms with van der Waals surface area (Å²) in [6, 6.07) is 12.1. The van der Waals surface area contributed by atoms with Gasteiger partial charge in [0.05, 0.1) is 0 Å². The standard InChI is InChI=1S/C17H17NO/c1-2-14-12-13-8-6-7-11-16(13)17(19)18(14)15-9-4-3-5-10-15/h3-6,8-10,12H,2,7,11H2,1H3. The molecule has 0 saturated heterocycles. The Bertz CT molecular complexity index is 680. The van der Waals surface area contributed by atoms with Crippen LogP contribution in [0.4, 0.5) is 0 Å². The van der Waals surface area contributed by atoms with Gasteiger partial charge in [-0.15, -0.1) is 0 Å². The minimum atomic E-state index is 0.143. The molecule has 2 aromatic rings. The molecule has 0 atom stereocenters. The number of nitrogens with zero attached hydrogens (tertiary/aromatic N) is 1. The fourth-order valence-corrected chi connectivity index (χ4v) is 2.68. The fraction of sp³-hybridized carbons (Fsp3) is 0.235. The van der Waals surface area contributed by atoms with Gasteiger partial charge in [-0.1, -0.05) is 37.3 Å². The number of para-hydroxylation sites is 1. The maximum Gasteiger partial charge on any atom is 0.259 e. The van der Waals surface area contributed by atoms with Crippen molar-refractivity contribution in [3.8, 4) is 5.69 Å². The van der Waals surface area contributed by atoms with Crippen LogP contribution in [0.1, 0.15) is 30.2 Å². The van der Waals surface area contributed by atoms with E-state index in [-0.39, 0.29) is 5.56 Å². The van der Waals surface area contributed by atoms with Crippen molar-refractivity contribution in [2.24, 2.45) is 0 Å². The summed E-state index contributed by atoms with van der Waals surface area (Å²) in [5, 5.41) is 0. The van der Waals surface area contributed by atoms with Gasteiger partial charge in [0.25, 0.3) is 5.56 Å². The summed E-state index contributed by atoms with van der Waals surface area (Å²) in [7, 11) is 0. The van der Waals surface area contributed by atoms with Crippen LogP contribution in [0.3, 0.4) is 0 Å². The summed E-state index contributed by atoms with van der Waals surface area (Å²) in [6.07, 6.45) is 6.89. The molecule has 1 aliphatic rings. The molecule has 3 rings (SSSR count). The van der Waals surface area contributed by atoms with Gasteiger partial charge in [-0.3, -0.25) is 9.36 Å². The van der Waals surface area contributed by atoms with Crippen molar-refractivity contribution in [3.63, 3.8) is 0 Å². The quantitative estimate of drug-likeness (QED) is 0.802. The lowest BCUT2D eigenvalue weighted by atomic mass is 9.97. The molecule has 0 saturated carbocycles. The second kappa shape index (κ2) is 4.88. The van der Waals surface area contributed by atoms with Crippen LogP contribution < -0.4 is 5.56 Å². The molecule has 1 aromatic heterocycles. The molecule has 0 bridgehead atoms. The highest BCUT2D eigenvalue weighted by molar-refractivity contribution is 5.57. The monoisotopic (exact) mass is 251 g/mol. The molecule has 0 aliphatic heterocycles. The van der Waals surface area contributed by atoms with Crippen molar-refractivity contribution in [1.29, 1.82) is 0 Å². The van der Waals surface area contributed by atoms with Crippen molar-refractivity contribution in [2.75, 3.05) is 0 Å². The minimum Gasteiger partial charge on any atom is -0.281 e. The predicted molar refractivity (Wildman–Crippen MR) is 78.8 cm³/mol. The lowest BCUT2D eigenvalue weighted by molar-refractivity contribution is 0.834. The van der Waals surface area contributed by atoms with Crippen molar-refractivity contribution in [3.05, 3.63) is 69.6 Å². The molecule has 1 aromatic carbocycles. The summed E-state index contributed by atoms with van der Waals surface area (Å²) in [6.45, 7) is 2.09. The van der Waals surface area contributed by atoms with Crippen LogP contribution in [0, 0.1) is 0 Å². The third-order valence-electron chi connectivity index (χ3n) is 3.65. The molecule has 2 nitrogen and oxygen atoms in total. The van der Waals surface area contributed by atoms with E-state index in [0.29, 0.717) is 0 Å². The fourth-order valence-electron chi connectivity index (χ4n) is 2.68. The van der Waals surface area contributed by atoms with Crippen molar-refractivity contribution >= 4 is 6.08 Å². The topological polar surface area (TPSA) is 22.0 Å². The van der Waals surface area contributed by atoms with E-state index >= 15 is 0 Å². The average molecular weight is 251 g/mol. The first-order chi connectivity index (χ1) is 9.31. The zero-order valence-corrected chi connectivity index (χ0v) is 11.1. The molecule has 0 spiro atoms. The Morgan fingerprint density at radius 3 is 2.74 bits per heavy atom. The zero-order valence-electron chi connectivity index (χ0n) is 11.1. The molecule has 0 fully saturated rings. The molecule has 2 heteroatoms. The van der Waals surface area contributed by atoms with E-state index < -0.39 is 0 Å². The van der Waals surface area contributed by atoms with Gasteiger partial charge < -0.3 is 0 Å². The molecule has 19 heavy (non-hydrogen) atoms. The third-order valence-corrected chi connectivity index (χ3v) is 3.65. The van der Waals surface area contributed by atoms with Gasteiger partial charge in [-0.25, -0.2) is 0 Å². The van der Waals surface area contributed by atoms with Crippen LogP contribution >= 0.6 is 0 Å². The van der Waals surface area contributed by atoms with Crippen LogP contribution in [-0.4, -0.2) is 4.57 Å². The number of aryl methyl sites for hydroxylation is 1. The summed E-state index contributed by atoms with van der Waals surface area (Å²) in [5.74, 6) is 0. The zero-order chi connectivity index (χ0) is 13.2. The van der Waals surface area contributed by atoms with Crippen LogP contribution in [0.2, 0.25) is 0 Å². The number of fused-ring (bicyclic) bond motifs is 1. The summed E-state index contributed by atoms with van der Waals surface area (Å²) < 4.78 is 1.86. The average Bonchev–Trinajstić information content (AvgIpc) is 2.48. The Labute approximate surface area is 113 Å². The number of aromatic nitrogens is 1. The number of hydrogen-bond acceptors (Lipinski definition) is 1. The second-order valence-corrected chi connectivity index (χ2v) is 4.84. The van der Waals surface area contributed by atoms with Gasteiger partial charge in [0.2, 0.25) is 0 Å². The third kappa shape index (κ3) is 2.03. The Balaban J connectivity index is 2.30. The normalized spacial score (nSPS) is 13.3. The van der Waals surface area contributed by atoms with Gasteiger partial charge in [0, 0.05) is 16.9 Å². The van der Waals surface area contributed by atoms with Gasteiger partial charge in [-0.2, -0.15) is 0 Å². The number of allylic oxidation sites excluding steroid dienone is 1. The summed E-state index contributed by atoms with van der Waals surface area (Å²) >= 11 is 0. The smallest absolute Gasteiger partial charge is 0.259 e. The highest BCUT2D eigenvalue weighted by Crippen LogP contribution is 2.19. The minimum absolute atomic E-state index is 0.143. The molecule has 96 valence electrons. The number of hydrogen-bond donors (Lipinski definition) is 0. The van der Waals surface area contributed by atoms with E-state index in [1.54, 1.807) is 0 Å². The van der Waals surface area contributed by atoms with Crippen molar-refractivity contribution in [2.45, 2.75) is 26.2 Å². The first-order valence-corrected chi connectivity index (χ1v) is 6.81. The van der Waals surface area contributed by atoms with Crippen molar-refractivity contribution in [1.82, 2.24) is 4.57 Å². The first-order valence-electron chi connectivity index (χ1n) is 6.81. The molecule has 0 amide bonds. The van der Waals surface area contributed by atoms with Gasteiger partial charge in [0.15, 0.2) is 0 Å². The largest absolute Gasteiger partial charge is 0.281 e. The Morgan fingerprint density at radius 1 is 1.21 bits per heavy atom. The van der Waals surface area contributed by atoms with Gasteiger partial charge in [-0.05, 0) is 43.0 Å². The Morgan fingerprint density at radius 2 is 2.00 bits per heavy atom. The maximum absolute atomic E-state index is 12.7. The lowest BCUT2D eigenvalue weighted by Crippen LogP contribution is -2.27. The van der Waals surface area contributed by atoms with Gasteiger partial charge >= 0.3 is 0 Å². The molecular weight excluding hydrogens is 234 g/mol. The van der Waals surface area contributed by atoms with Gasteiger partial charge in [0.1, 0.15) is 0 Å². The van der Waals surface area contributed by atoms with E-state index in [2.05, 4.69) is 25.1 Å². The molecular formula is C17H17NO. The van der Waals surface area contributed by atoms with E-state index in [9.17, 15) is 4.79 Å². The molecule has 0 radical (unpaired) electrons.